The molecule has 0 heterocycles. The molecule has 0 aliphatic carbocycles. The van der Waals surface area contributed by atoms with Gasteiger partial charge in [-0.2, -0.15) is 0 Å². The molecule has 0 aromatic rings. The van der Waals surface area contributed by atoms with Crippen molar-refractivity contribution >= 4 is 0 Å². The quantitative estimate of drug-likeness (QED) is 0.499. The first-order valence-electron chi connectivity index (χ1n) is 2.92. The summed E-state index contributed by atoms with van der Waals surface area (Å²) in [7, 11) is 0. The van der Waals surface area contributed by atoms with Crippen molar-refractivity contribution in [2.75, 3.05) is 0 Å². The molecule has 0 atom stereocenters. The molecule has 0 N–H and O–H groups in total. The molecule has 0 nitrogen and oxygen atoms in total. The van der Waals surface area contributed by atoms with Crippen LogP contribution in [-0.4, -0.2) is 0 Å². The Morgan fingerprint density at radius 2 is 1.71 bits per heavy atom. The lowest BCUT2D eigenvalue weighted by Crippen LogP contribution is -1.91. The van der Waals surface area contributed by atoms with Crippen LogP contribution in [0.1, 0.15) is 34.1 Å². The van der Waals surface area contributed by atoms with Gasteiger partial charge in [-0.15, -0.1) is 0 Å². The Kier molecular flexibility index (Phi) is 3.06. The zero-order valence-corrected chi connectivity index (χ0v) is 5.78. The number of rotatable bonds is 2. The fraction of sp³-hybridized carbons (Fsp3) is 0.857. The average Bonchev–Trinajstić information content (AvgIpc) is 1.27. The van der Waals surface area contributed by atoms with Gasteiger partial charge in [-0.05, 0) is 18.3 Å². The maximum absolute atomic E-state index is 2.24. The van der Waals surface area contributed by atoms with E-state index in [-0.39, 0.29) is 0 Å². The Bertz CT molecular complexity index is 29.3. The molecule has 0 saturated carbocycles. The zero-order chi connectivity index (χ0) is 5.86. The summed E-state index contributed by atoms with van der Waals surface area (Å²) in [5.74, 6) is 2.38. The van der Waals surface area contributed by atoms with Gasteiger partial charge in [0.2, 0.25) is 0 Å². The summed E-state index contributed by atoms with van der Waals surface area (Å²) in [6.07, 6.45) is 1.28. The first-order valence-corrected chi connectivity index (χ1v) is 2.92. The summed E-state index contributed by atoms with van der Waals surface area (Å²) < 4.78 is 0. The molecule has 0 fully saturated rings. The Labute approximate surface area is 46.9 Å². The van der Waals surface area contributed by atoms with Gasteiger partial charge in [0.15, 0.2) is 0 Å². The van der Waals surface area contributed by atoms with Crippen molar-refractivity contribution in [2.45, 2.75) is 34.1 Å². The van der Waals surface area contributed by atoms with E-state index in [1.165, 1.54) is 12.3 Å². The van der Waals surface area contributed by atoms with E-state index in [1.54, 1.807) is 0 Å². The predicted molar refractivity (Wildman–Crippen MR) is 34.0 cm³/mol. The summed E-state index contributed by atoms with van der Waals surface area (Å²) in [4.78, 5) is 0. The van der Waals surface area contributed by atoms with Crippen LogP contribution in [0, 0.1) is 11.8 Å². The van der Waals surface area contributed by atoms with Crippen LogP contribution in [0.15, 0.2) is 0 Å². The minimum absolute atomic E-state index is 0.838. The summed E-state index contributed by atoms with van der Waals surface area (Å²) in [6, 6.07) is 0. The molecule has 0 aliphatic heterocycles. The van der Waals surface area contributed by atoms with Crippen LogP contribution in [0.5, 0.6) is 0 Å². The minimum atomic E-state index is 0.838. The van der Waals surface area contributed by atoms with Gasteiger partial charge < -0.3 is 0 Å². The van der Waals surface area contributed by atoms with Crippen LogP contribution in [0.4, 0.5) is 0 Å². The Morgan fingerprint density at radius 1 is 1.29 bits per heavy atom. The summed E-state index contributed by atoms with van der Waals surface area (Å²) in [6.45, 7) is 8.85. The van der Waals surface area contributed by atoms with Crippen molar-refractivity contribution in [1.82, 2.24) is 0 Å². The van der Waals surface area contributed by atoms with E-state index < -0.39 is 0 Å². The molecule has 43 valence electrons. The lowest BCUT2D eigenvalue weighted by molar-refractivity contribution is 0.600. The molecule has 0 saturated heterocycles. The molecule has 0 aromatic carbocycles. The van der Waals surface area contributed by atoms with Gasteiger partial charge in [-0.25, -0.2) is 0 Å². The largest absolute Gasteiger partial charge is 0.0628 e. The number of hydrogen-bond donors (Lipinski definition) is 0. The molecule has 7 heavy (non-hydrogen) atoms. The summed E-state index contributed by atoms with van der Waals surface area (Å²) in [5, 5.41) is 0. The Balaban J connectivity index is 2.95. The SMILES string of the molecule is C[C](C)CC(C)C. The van der Waals surface area contributed by atoms with Crippen LogP contribution in [0.2, 0.25) is 0 Å². The van der Waals surface area contributed by atoms with Gasteiger partial charge in [-0.1, -0.05) is 27.7 Å². The highest BCUT2D eigenvalue weighted by atomic mass is 14.0. The molecular weight excluding hydrogens is 84.1 g/mol. The van der Waals surface area contributed by atoms with Crippen molar-refractivity contribution in [3.05, 3.63) is 5.92 Å². The normalized spacial score (nSPS) is 11.1. The molecule has 0 heteroatoms. The van der Waals surface area contributed by atoms with E-state index in [1.807, 2.05) is 0 Å². The molecule has 0 rings (SSSR count). The molecule has 0 unspecified atom stereocenters. The van der Waals surface area contributed by atoms with Gasteiger partial charge in [0.25, 0.3) is 0 Å². The minimum Gasteiger partial charge on any atom is -0.0628 e. The standard InChI is InChI=1S/C7H15/c1-6(2)5-7(3)4/h6H,5H2,1-4H3. The van der Waals surface area contributed by atoms with Crippen molar-refractivity contribution in [3.63, 3.8) is 0 Å². The Hall–Kier alpha value is 0. The predicted octanol–water partition coefficient (Wildman–Crippen LogP) is 2.65. The maximum Gasteiger partial charge on any atom is -0.0300 e. The third-order valence-electron chi connectivity index (χ3n) is 0.816. The summed E-state index contributed by atoms with van der Waals surface area (Å²) >= 11 is 0. The van der Waals surface area contributed by atoms with E-state index in [2.05, 4.69) is 27.7 Å². The van der Waals surface area contributed by atoms with E-state index in [0.29, 0.717) is 0 Å². The third-order valence-corrected chi connectivity index (χ3v) is 0.816. The van der Waals surface area contributed by atoms with Crippen molar-refractivity contribution in [2.24, 2.45) is 5.92 Å². The Morgan fingerprint density at radius 3 is 1.71 bits per heavy atom. The highest BCUT2D eigenvalue weighted by Crippen LogP contribution is 2.10. The highest BCUT2D eigenvalue weighted by molar-refractivity contribution is 4.77. The second-order valence-corrected chi connectivity index (χ2v) is 2.81. The van der Waals surface area contributed by atoms with Crippen LogP contribution in [0.3, 0.4) is 0 Å². The zero-order valence-electron chi connectivity index (χ0n) is 5.78. The topological polar surface area (TPSA) is 0 Å². The van der Waals surface area contributed by atoms with Crippen LogP contribution >= 0.6 is 0 Å². The highest BCUT2D eigenvalue weighted by Gasteiger charge is 1.96. The molecule has 0 aromatic heterocycles. The van der Waals surface area contributed by atoms with Gasteiger partial charge in [0.05, 0.1) is 0 Å². The van der Waals surface area contributed by atoms with E-state index in [9.17, 15) is 0 Å². The first kappa shape index (κ1) is 7.00. The van der Waals surface area contributed by atoms with Crippen LogP contribution < -0.4 is 0 Å². The van der Waals surface area contributed by atoms with Crippen LogP contribution in [0.25, 0.3) is 0 Å². The van der Waals surface area contributed by atoms with Crippen molar-refractivity contribution in [1.29, 1.82) is 0 Å². The van der Waals surface area contributed by atoms with Gasteiger partial charge >= 0.3 is 0 Å². The first-order chi connectivity index (χ1) is 3.13. The maximum atomic E-state index is 2.24. The average molecular weight is 99.2 g/mol. The molecule has 1 radical (unpaired) electrons. The van der Waals surface area contributed by atoms with Gasteiger partial charge in [0.1, 0.15) is 0 Å². The molecular formula is C7H15. The smallest absolute Gasteiger partial charge is 0.0300 e. The van der Waals surface area contributed by atoms with Gasteiger partial charge in [-0.3, -0.25) is 0 Å². The lowest BCUT2D eigenvalue weighted by Gasteiger charge is -2.04. The summed E-state index contributed by atoms with van der Waals surface area (Å²) in [5.41, 5.74) is 0. The molecule has 0 bridgehead atoms. The second kappa shape index (κ2) is 3.06. The number of hydrogen-bond acceptors (Lipinski definition) is 0. The monoisotopic (exact) mass is 99.1 g/mol. The third kappa shape index (κ3) is 6.00. The fourth-order valence-corrected chi connectivity index (χ4v) is 0.816. The van der Waals surface area contributed by atoms with Crippen molar-refractivity contribution in [3.8, 4) is 0 Å². The van der Waals surface area contributed by atoms with E-state index in [0.717, 1.165) is 5.92 Å². The molecule has 0 amide bonds. The van der Waals surface area contributed by atoms with E-state index >= 15 is 0 Å². The second-order valence-electron chi connectivity index (χ2n) is 2.81. The molecule has 0 aliphatic rings. The molecule has 0 spiro atoms. The lowest BCUT2D eigenvalue weighted by atomic mass is 10.0. The van der Waals surface area contributed by atoms with Crippen molar-refractivity contribution < 1.29 is 0 Å². The van der Waals surface area contributed by atoms with Gasteiger partial charge in [0, 0.05) is 0 Å². The fourth-order valence-electron chi connectivity index (χ4n) is 0.816. The van der Waals surface area contributed by atoms with E-state index in [4.69, 9.17) is 0 Å². The van der Waals surface area contributed by atoms with Crippen LogP contribution in [-0.2, 0) is 0 Å².